The van der Waals surface area contributed by atoms with E-state index in [0.717, 1.165) is 43.8 Å². The van der Waals surface area contributed by atoms with E-state index in [4.69, 9.17) is 9.47 Å². The largest absolute Gasteiger partial charge is 0.491 e. The summed E-state index contributed by atoms with van der Waals surface area (Å²) in [6, 6.07) is 6.19. The van der Waals surface area contributed by atoms with Crippen molar-refractivity contribution in [2.24, 2.45) is 10.9 Å². The first-order valence-corrected chi connectivity index (χ1v) is 8.92. The standard InChI is InChI=1S/C19H31N3O2/c1-15-6-4-7-16(2)18(15)24-13-11-22-19(20-3)21-10-5-12-23-14-17-8-9-17/h4,6-7,17H,5,8-14H2,1-3H3,(H2,20,21,22). The van der Waals surface area contributed by atoms with Crippen molar-refractivity contribution >= 4 is 5.96 Å². The van der Waals surface area contributed by atoms with Gasteiger partial charge in [0.1, 0.15) is 12.4 Å². The highest BCUT2D eigenvalue weighted by atomic mass is 16.5. The normalized spacial score (nSPS) is 14.5. The molecule has 0 atom stereocenters. The lowest BCUT2D eigenvalue weighted by Gasteiger charge is -2.14. The van der Waals surface area contributed by atoms with Crippen LogP contribution >= 0.6 is 0 Å². The maximum atomic E-state index is 5.88. The van der Waals surface area contributed by atoms with E-state index in [0.29, 0.717) is 13.2 Å². The van der Waals surface area contributed by atoms with Gasteiger partial charge in [0.2, 0.25) is 0 Å². The summed E-state index contributed by atoms with van der Waals surface area (Å²) in [6.07, 6.45) is 3.68. The van der Waals surface area contributed by atoms with Crippen LogP contribution in [0.2, 0.25) is 0 Å². The molecule has 24 heavy (non-hydrogen) atoms. The van der Waals surface area contributed by atoms with Gasteiger partial charge in [0, 0.05) is 26.8 Å². The van der Waals surface area contributed by atoms with Gasteiger partial charge in [-0.3, -0.25) is 4.99 Å². The third-order valence-electron chi connectivity index (χ3n) is 4.08. The second-order valence-electron chi connectivity index (χ2n) is 6.37. The van der Waals surface area contributed by atoms with Gasteiger partial charge < -0.3 is 20.1 Å². The van der Waals surface area contributed by atoms with Crippen LogP contribution in [0.25, 0.3) is 0 Å². The van der Waals surface area contributed by atoms with Crippen LogP contribution in [0.1, 0.15) is 30.4 Å². The lowest BCUT2D eigenvalue weighted by Crippen LogP contribution is -2.40. The third kappa shape index (κ3) is 6.79. The van der Waals surface area contributed by atoms with Crippen LogP contribution < -0.4 is 15.4 Å². The molecule has 0 amide bonds. The number of nitrogens with zero attached hydrogens (tertiary/aromatic N) is 1. The van der Waals surface area contributed by atoms with Crippen molar-refractivity contribution in [1.29, 1.82) is 0 Å². The van der Waals surface area contributed by atoms with E-state index in [1.807, 2.05) is 0 Å². The molecule has 0 bridgehead atoms. The Labute approximate surface area is 145 Å². The number of guanidine groups is 1. The highest BCUT2D eigenvalue weighted by Gasteiger charge is 2.20. The van der Waals surface area contributed by atoms with E-state index in [2.05, 4.69) is 47.7 Å². The number of aliphatic imine (C=N–C) groups is 1. The predicted molar refractivity (Wildman–Crippen MR) is 98.9 cm³/mol. The van der Waals surface area contributed by atoms with Gasteiger partial charge in [-0.15, -0.1) is 0 Å². The monoisotopic (exact) mass is 333 g/mol. The smallest absolute Gasteiger partial charge is 0.191 e. The first-order chi connectivity index (χ1) is 11.7. The van der Waals surface area contributed by atoms with E-state index in [-0.39, 0.29) is 0 Å². The van der Waals surface area contributed by atoms with Gasteiger partial charge in [-0.25, -0.2) is 0 Å². The van der Waals surface area contributed by atoms with Gasteiger partial charge >= 0.3 is 0 Å². The van der Waals surface area contributed by atoms with Crippen molar-refractivity contribution in [2.45, 2.75) is 33.1 Å². The van der Waals surface area contributed by atoms with Gasteiger partial charge in [0.05, 0.1) is 6.54 Å². The highest BCUT2D eigenvalue weighted by molar-refractivity contribution is 5.79. The molecular weight excluding hydrogens is 302 g/mol. The third-order valence-corrected chi connectivity index (χ3v) is 4.08. The summed E-state index contributed by atoms with van der Waals surface area (Å²) in [6.45, 7) is 8.08. The Bertz CT molecular complexity index is 507. The molecule has 2 N–H and O–H groups in total. The zero-order valence-corrected chi connectivity index (χ0v) is 15.2. The zero-order chi connectivity index (χ0) is 17.2. The molecule has 1 saturated carbocycles. The van der Waals surface area contributed by atoms with E-state index in [9.17, 15) is 0 Å². The summed E-state index contributed by atoms with van der Waals surface area (Å²) in [7, 11) is 1.78. The summed E-state index contributed by atoms with van der Waals surface area (Å²) >= 11 is 0. The number of hydrogen-bond acceptors (Lipinski definition) is 3. The van der Waals surface area contributed by atoms with E-state index >= 15 is 0 Å². The fourth-order valence-corrected chi connectivity index (χ4v) is 2.49. The van der Waals surface area contributed by atoms with Gasteiger partial charge in [0.25, 0.3) is 0 Å². The summed E-state index contributed by atoms with van der Waals surface area (Å²) in [4.78, 5) is 4.22. The van der Waals surface area contributed by atoms with Crippen molar-refractivity contribution in [1.82, 2.24) is 10.6 Å². The van der Waals surface area contributed by atoms with Crippen LogP contribution in [0.5, 0.6) is 5.75 Å². The molecule has 0 aliphatic heterocycles. The van der Waals surface area contributed by atoms with Gasteiger partial charge in [-0.05, 0) is 50.2 Å². The second-order valence-corrected chi connectivity index (χ2v) is 6.37. The molecule has 1 aliphatic carbocycles. The zero-order valence-electron chi connectivity index (χ0n) is 15.2. The first kappa shape index (κ1) is 18.6. The average molecular weight is 333 g/mol. The van der Waals surface area contributed by atoms with Crippen molar-refractivity contribution < 1.29 is 9.47 Å². The number of ether oxygens (including phenoxy) is 2. The molecule has 0 radical (unpaired) electrons. The Balaban J connectivity index is 1.54. The van der Waals surface area contributed by atoms with Crippen LogP contribution in [0.3, 0.4) is 0 Å². The Kier molecular flexibility index (Phi) is 7.89. The maximum absolute atomic E-state index is 5.88. The minimum absolute atomic E-state index is 0.608. The van der Waals surface area contributed by atoms with Crippen molar-refractivity contribution in [3.63, 3.8) is 0 Å². The quantitative estimate of drug-likeness (QED) is 0.393. The molecule has 0 saturated heterocycles. The molecular formula is C19H31N3O2. The lowest BCUT2D eigenvalue weighted by atomic mass is 10.1. The fraction of sp³-hybridized carbons (Fsp3) is 0.632. The Morgan fingerprint density at radius 3 is 2.50 bits per heavy atom. The van der Waals surface area contributed by atoms with Gasteiger partial charge in [-0.1, -0.05) is 18.2 Å². The van der Waals surface area contributed by atoms with E-state index < -0.39 is 0 Å². The highest BCUT2D eigenvalue weighted by Crippen LogP contribution is 2.28. The van der Waals surface area contributed by atoms with Crippen molar-refractivity contribution in [2.75, 3.05) is 40.0 Å². The Hall–Kier alpha value is -1.75. The summed E-state index contributed by atoms with van der Waals surface area (Å²) in [5.74, 6) is 2.63. The fourth-order valence-electron chi connectivity index (χ4n) is 2.49. The Morgan fingerprint density at radius 1 is 1.12 bits per heavy atom. The summed E-state index contributed by atoms with van der Waals surface area (Å²) in [5.41, 5.74) is 2.34. The molecule has 5 nitrogen and oxygen atoms in total. The molecule has 1 aliphatic rings. The number of benzene rings is 1. The number of hydrogen-bond donors (Lipinski definition) is 2. The van der Waals surface area contributed by atoms with E-state index in [1.165, 1.54) is 24.0 Å². The summed E-state index contributed by atoms with van der Waals surface area (Å²) in [5, 5.41) is 6.57. The predicted octanol–water partition coefficient (Wildman–Crippen LogP) is 2.66. The van der Waals surface area contributed by atoms with Crippen LogP contribution in [0, 0.1) is 19.8 Å². The lowest BCUT2D eigenvalue weighted by molar-refractivity contribution is 0.123. The van der Waals surface area contributed by atoms with Crippen LogP contribution in [-0.2, 0) is 4.74 Å². The number of aryl methyl sites for hydroxylation is 2. The molecule has 134 valence electrons. The number of rotatable bonds is 10. The maximum Gasteiger partial charge on any atom is 0.191 e. The van der Waals surface area contributed by atoms with Gasteiger partial charge in [0.15, 0.2) is 5.96 Å². The molecule has 5 heteroatoms. The van der Waals surface area contributed by atoms with E-state index in [1.54, 1.807) is 7.05 Å². The van der Waals surface area contributed by atoms with Gasteiger partial charge in [-0.2, -0.15) is 0 Å². The summed E-state index contributed by atoms with van der Waals surface area (Å²) < 4.78 is 11.5. The SMILES string of the molecule is CN=C(NCCCOCC1CC1)NCCOc1c(C)cccc1C. The number of para-hydroxylation sites is 1. The topological polar surface area (TPSA) is 54.9 Å². The second kappa shape index (κ2) is 10.2. The molecule has 1 fully saturated rings. The molecule has 1 aromatic rings. The minimum Gasteiger partial charge on any atom is -0.491 e. The van der Waals surface area contributed by atoms with Crippen molar-refractivity contribution in [3.8, 4) is 5.75 Å². The molecule has 2 rings (SSSR count). The number of nitrogens with one attached hydrogen (secondary N) is 2. The Morgan fingerprint density at radius 2 is 1.83 bits per heavy atom. The minimum atomic E-state index is 0.608. The molecule has 0 heterocycles. The van der Waals surface area contributed by atoms with Crippen molar-refractivity contribution in [3.05, 3.63) is 29.3 Å². The average Bonchev–Trinajstić information content (AvgIpc) is 3.39. The first-order valence-electron chi connectivity index (χ1n) is 8.92. The van der Waals surface area contributed by atoms with Crippen LogP contribution in [0.4, 0.5) is 0 Å². The van der Waals surface area contributed by atoms with Crippen LogP contribution in [-0.4, -0.2) is 45.9 Å². The van der Waals surface area contributed by atoms with Crippen LogP contribution in [0.15, 0.2) is 23.2 Å². The molecule has 0 spiro atoms. The molecule has 1 aromatic carbocycles. The molecule has 0 aromatic heterocycles. The molecule has 0 unspecified atom stereocenters.